The molecule has 0 radical (unpaired) electrons. The number of hydrogen-bond donors (Lipinski definition) is 0. The molecule has 1 aliphatic rings. The minimum absolute atomic E-state index is 0.0436. The zero-order valence-corrected chi connectivity index (χ0v) is 16.5. The molecule has 144 valence electrons. The molecule has 1 aliphatic heterocycles. The maximum atomic E-state index is 12.9. The van der Waals surface area contributed by atoms with Crippen molar-refractivity contribution in [2.24, 2.45) is 0 Å². The molecule has 1 heterocycles. The molecule has 0 spiro atoms. The molecule has 27 heavy (non-hydrogen) atoms. The Morgan fingerprint density at radius 1 is 1.00 bits per heavy atom. The predicted molar refractivity (Wildman–Crippen MR) is 104 cm³/mol. The third kappa shape index (κ3) is 4.41. The third-order valence-corrected chi connectivity index (χ3v) is 7.23. The van der Waals surface area contributed by atoms with E-state index in [-0.39, 0.29) is 20.6 Å². The van der Waals surface area contributed by atoms with E-state index in [0.29, 0.717) is 32.7 Å². The highest BCUT2D eigenvalue weighted by molar-refractivity contribution is 7.89. The SMILES string of the molecule is O=[N+]([O-])c1cccc(CN2CCN(S(=O)(=O)c3c(Cl)cccc3Cl)CC2)c1. The van der Waals surface area contributed by atoms with Crippen molar-refractivity contribution >= 4 is 38.9 Å². The Labute approximate surface area is 167 Å². The molecule has 1 fully saturated rings. The maximum absolute atomic E-state index is 12.9. The van der Waals surface area contributed by atoms with Crippen molar-refractivity contribution in [3.63, 3.8) is 0 Å². The van der Waals surface area contributed by atoms with Crippen molar-refractivity contribution in [3.8, 4) is 0 Å². The van der Waals surface area contributed by atoms with E-state index in [1.165, 1.54) is 28.6 Å². The fourth-order valence-corrected chi connectivity index (χ4v) is 5.53. The van der Waals surface area contributed by atoms with Gasteiger partial charge in [0.2, 0.25) is 10.0 Å². The molecule has 0 atom stereocenters. The van der Waals surface area contributed by atoms with Crippen LogP contribution in [0.25, 0.3) is 0 Å². The van der Waals surface area contributed by atoms with E-state index in [4.69, 9.17) is 23.2 Å². The van der Waals surface area contributed by atoms with Gasteiger partial charge >= 0.3 is 0 Å². The molecular weight excluding hydrogens is 413 g/mol. The molecule has 0 N–H and O–H groups in total. The summed E-state index contributed by atoms with van der Waals surface area (Å²) in [7, 11) is -3.78. The van der Waals surface area contributed by atoms with Gasteiger partial charge < -0.3 is 0 Å². The molecule has 0 saturated carbocycles. The average Bonchev–Trinajstić information content (AvgIpc) is 2.62. The van der Waals surface area contributed by atoms with E-state index in [0.717, 1.165) is 5.56 Å². The number of nitro groups is 1. The summed E-state index contributed by atoms with van der Waals surface area (Å²) in [6.45, 7) is 2.11. The Bertz CT molecular complexity index is 940. The monoisotopic (exact) mass is 429 g/mol. The summed E-state index contributed by atoms with van der Waals surface area (Å²) in [6, 6.07) is 11.0. The molecule has 0 bridgehead atoms. The van der Waals surface area contributed by atoms with Gasteiger partial charge in [-0.15, -0.1) is 0 Å². The Kier molecular flexibility index (Phi) is 6.02. The van der Waals surface area contributed by atoms with Crippen LogP contribution in [0, 0.1) is 10.1 Å². The lowest BCUT2D eigenvalue weighted by Crippen LogP contribution is -2.48. The smallest absolute Gasteiger partial charge is 0.269 e. The van der Waals surface area contributed by atoms with E-state index < -0.39 is 14.9 Å². The number of benzene rings is 2. The van der Waals surface area contributed by atoms with Crippen LogP contribution in [0.1, 0.15) is 5.56 Å². The van der Waals surface area contributed by atoms with Crippen LogP contribution in [-0.4, -0.2) is 48.7 Å². The Balaban J connectivity index is 1.68. The highest BCUT2D eigenvalue weighted by Crippen LogP contribution is 2.32. The number of sulfonamides is 1. The second-order valence-electron chi connectivity index (χ2n) is 6.16. The summed E-state index contributed by atoms with van der Waals surface area (Å²) in [6.07, 6.45) is 0. The van der Waals surface area contributed by atoms with E-state index in [2.05, 4.69) is 4.90 Å². The van der Waals surface area contributed by atoms with Gasteiger partial charge in [-0.1, -0.05) is 41.4 Å². The normalized spacial score (nSPS) is 16.4. The minimum Gasteiger partial charge on any atom is -0.296 e. The van der Waals surface area contributed by atoms with E-state index in [9.17, 15) is 18.5 Å². The second kappa shape index (κ2) is 8.12. The van der Waals surface area contributed by atoms with Gasteiger partial charge in [0.25, 0.3) is 5.69 Å². The maximum Gasteiger partial charge on any atom is 0.269 e. The fourth-order valence-electron chi connectivity index (χ4n) is 3.01. The van der Waals surface area contributed by atoms with E-state index in [1.807, 2.05) is 6.07 Å². The molecule has 1 saturated heterocycles. The van der Waals surface area contributed by atoms with Crippen molar-refractivity contribution in [2.45, 2.75) is 11.4 Å². The van der Waals surface area contributed by atoms with Crippen LogP contribution in [-0.2, 0) is 16.6 Å². The topological polar surface area (TPSA) is 83.8 Å². The van der Waals surface area contributed by atoms with Gasteiger partial charge in [0.15, 0.2) is 0 Å². The van der Waals surface area contributed by atoms with E-state index >= 15 is 0 Å². The number of nitrogens with zero attached hydrogens (tertiary/aromatic N) is 3. The lowest BCUT2D eigenvalue weighted by molar-refractivity contribution is -0.384. The van der Waals surface area contributed by atoms with Crippen molar-refractivity contribution in [2.75, 3.05) is 26.2 Å². The first-order valence-electron chi connectivity index (χ1n) is 8.19. The highest BCUT2D eigenvalue weighted by Gasteiger charge is 2.31. The van der Waals surface area contributed by atoms with Crippen LogP contribution in [0.5, 0.6) is 0 Å². The molecule has 2 aromatic carbocycles. The minimum atomic E-state index is -3.78. The summed E-state index contributed by atoms with van der Waals surface area (Å²) in [5.41, 5.74) is 0.858. The van der Waals surface area contributed by atoms with Crippen LogP contribution in [0.3, 0.4) is 0 Å². The van der Waals surface area contributed by atoms with Crippen LogP contribution < -0.4 is 0 Å². The number of hydrogen-bond acceptors (Lipinski definition) is 5. The van der Waals surface area contributed by atoms with Gasteiger partial charge in [0.05, 0.1) is 15.0 Å². The number of non-ortho nitro benzene ring substituents is 1. The quantitative estimate of drug-likeness (QED) is 0.536. The van der Waals surface area contributed by atoms with Gasteiger partial charge in [0.1, 0.15) is 4.90 Å². The Morgan fingerprint density at radius 3 is 2.19 bits per heavy atom. The Hall–Kier alpha value is -1.71. The molecule has 3 rings (SSSR count). The number of rotatable bonds is 5. The van der Waals surface area contributed by atoms with E-state index in [1.54, 1.807) is 12.1 Å². The Morgan fingerprint density at radius 2 is 1.59 bits per heavy atom. The summed E-state index contributed by atoms with van der Waals surface area (Å²) < 4.78 is 27.1. The summed E-state index contributed by atoms with van der Waals surface area (Å²) >= 11 is 12.1. The van der Waals surface area contributed by atoms with Crippen LogP contribution in [0.2, 0.25) is 10.0 Å². The number of halogens is 2. The zero-order chi connectivity index (χ0) is 19.6. The fraction of sp³-hybridized carbons (Fsp3) is 0.294. The molecule has 0 aromatic heterocycles. The molecular formula is C17H17Cl2N3O4S. The summed E-state index contributed by atoms with van der Waals surface area (Å²) in [4.78, 5) is 12.4. The van der Waals surface area contributed by atoms with Crippen LogP contribution in [0.15, 0.2) is 47.4 Å². The predicted octanol–water partition coefficient (Wildman–Crippen LogP) is 3.41. The largest absolute Gasteiger partial charge is 0.296 e. The number of nitro benzene ring substituents is 1. The van der Waals surface area contributed by atoms with Crippen molar-refractivity contribution < 1.29 is 13.3 Å². The highest BCUT2D eigenvalue weighted by atomic mass is 35.5. The van der Waals surface area contributed by atoms with Crippen molar-refractivity contribution in [1.82, 2.24) is 9.21 Å². The molecule has 0 amide bonds. The van der Waals surface area contributed by atoms with Crippen molar-refractivity contribution in [1.29, 1.82) is 0 Å². The second-order valence-corrected chi connectivity index (χ2v) is 8.85. The lowest BCUT2D eigenvalue weighted by Gasteiger charge is -2.34. The first-order valence-corrected chi connectivity index (χ1v) is 10.4. The van der Waals surface area contributed by atoms with Gasteiger partial charge in [-0.3, -0.25) is 15.0 Å². The molecule has 7 nitrogen and oxygen atoms in total. The molecule has 0 unspecified atom stereocenters. The molecule has 2 aromatic rings. The van der Waals surface area contributed by atoms with Crippen molar-refractivity contribution in [3.05, 3.63) is 68.2 Å². The van der Waals surface area contributed by atoms with Crippen LogP contribution in [0.4, 0.5) is 5.69 Å². The van der Waals surface area contributed by atoms with Crippen LogP contribution >= 0.6 is 23.2 Å². The molecule has 0 aliphatic carbocycles. The van der Waals surface area contributed by atoms with Gasteiger partial charge in [-0.2, -0.15) is 4.31 Å². The molecule has 10 heteroatoms. The first kappa shape index (κ1) is 20.0. The average molecular weight is 430 g/mol. The standard InChI is InChI=1S/C17H17Cl2N3O4S/c18-15-5-2-6-16(19)17(15)27(25,26)21-9-7-20(8-10-21)12-13-3-1-4-14(11-13)22(23)24/h1-6,11H,7-10,12H2. The summed E-state index contributed by atoms with van der Waals surface area (Å²) in [5.74, 6) is 0. The van der Waals surface area contributed by atoms with Gasteiger partial charge in [-0.25, -0.2) is 8.42 Å². The van der Waals surface area contributed by atoms with Gasteiger partial charge in [-0.05, 0) is 17.7 Å². The summed E-state index contributed by atoms with van der Waals surface area (Å²) in [5, 5.41) is 11.1. The first-order chi connectivity index (χ1) is 12.8. The zero-order valence-electron chi connectivity index (χ0n) is 14.2. The third-order valence-electron chi connectivity index (χ3n) is 4.38. The van der Waals surface area contributed by atoms with Gasteiger partial charge in [0, 0.05) is 44.9 Å². The lowest BCUT2D eigenvalue weighted by atomic mass is 10.2. The number of piperazine rings is 1.